The molecule has 1 fully saturated rings. The van der Waals surface area contributed by atoms with Gasteiger partial charge < -0.3 is 4.18 Å². The van der Waals surface area contributed by atoms with Gasteiger partial charge in [0.15, 0.2) is 0 Å². The molecule has 2 rings (SSSR count). The number of rotatable bonds is 1. The molecule has 2 heteroatoms. The van der Waals surface area contributed by atoms with Gasteiger partial charge in [-0.3, -0.25) is 0 Å². The van der Waals surface area contributed by atoms with Crippen molar-refractivity contribution in [1.82, 2.24) is 0 Å². The van der Waals surface area contributed by atoms with E-state index in [1.807, 2.05) is 6.07 Å². The van der Waals surface area contributed by atoms with Crippen molar-refractivity contribution in [1.29, 1.82) is 0 Å². The van der Waals surface area contributed by atoms with E-state index in [0.717, 1.165) is 6.42 Å². The lowest BCUT2D eigenvalue weighted by molar-refractivity contribution is 0.283. The molecular formula is C10H12OS. The van der Waals surface area contributed by atoms with Crippen molar-refractivity contribution in [3.63, 3.8) is 0 Å². The number of hydrogen-bond acceptors (Lipinski definition) is 2. The second-order valence-electron chi connectivity index (χ2n) is 3.14. The maximum Gasteiger partial charge on any atom is 0.0709 e. The summed E-state index contributed by atoms with van der Waals surface area (Å²) in [6.07, 6.45) is 1.54. The Morgan fingerprint density at radius 2 is 2.08 bits per heavy atom. The smallest absolute Gasteiger partial charge is 0.0709 e. The zero-order valence-corrected chi connectivity index (χ0v) is 7.88. The summed E-state index contributed by atoms with van der Waals surface area (Å²) in [5, 5.41) is 0.543. The van der Waals surface area contributed by atoms with Gasteiger partial charge in [-0.05, 0) is 31.0 Å². The standard InChI is InChI=1S/C10H12OS/c1-8-7-10(12-11-8)9-5-3-2-4-6-9/h2-6,8,10H,7H2,1H3/t8-,10-/m1/s1. The minimum atomic E-state index is 0.403. The zero-order valence-electron chi connectivity index (χ0n) is 7.07. The molecule has 0 saturated carbocycles. The highest BCUT2D eigenvalue weighted by Gasteiger charge is 2.24. The lowest BCUT2D eigenvalue weighted by Crippen LogP contribution is -1.96. The third-order valence-electron chi connectivity index (χ3n) is 2.05. The number of benzene rings is 1. The van der Waals surface area contributed by atoms with E-state index < -0.39 is 0 Å². The summed E-state index contributed by atoms with van der Waals surface area (Å²) in [7, 11) is 0. The van der Waals surface area contributed by atoms with Crippen LogP contribution in [-0.4, -0.2) is 6.10 Å². The minimum absolute atomic E-state index is 0.403. The van der Waals surface area contributed by atoms with Crippen LogP contribution in [0.1, 0.15) is 24.2 Å². The Bertz CT molecular complexity index is 247. The van der Waals surface area contributed by atoms with Gasteiger partial charge in [0, 0.05) is 0 Å². The average Bonchev–Trinajstić information content (AvgIpc) is 2.54. The Morgan fingerprint density at radius 1 is 1.33 bits per heavy atom. The Kier molecular flexibility index (Phi) is 2.38. The molecule has 64 valence electrons. The van der Waals surface area contributed by atoms with Gasteiger partial charge in [0.25, 0.3) is 0 Å². The van der Waals surface area contributed by atoms with Crippen LogP contribution in [0.15, 0.2) is 30.3 Å². The molecule has 0 N–H and O–H groups in total. The fourth-order valence-electron chi connectivity index (χ4n) is 1.40. The fourth-order valence-corrected chi connectivity index (χ4v) is 2.42. The molecule has 1 aliphatic rings. The Balaban J connectivity index is 2.11. The molecule has 1 aromatic carbocycles. The number of hydrogen-bond donors (Lipinski definition) is 0. The average molecular weight is 180 g/mol. The van der Waals surface area contributed by atoms with Gasteiger partial charge >= 0.3 is 0 Å². The first-order chi connectivity index (χ1) is 5.86. The van der Waals surface area contributed by atoms with Gasteiger partial charge in [0.1, 0.15) is 0 Å². The van der Waals surface area contributed by atoms with Gasteiger partial charge in [-0.15, -0.1) is 0 Å². The van der Waals surface area contributed by atoms with Crippen molar-refractivity contribution in [3.05, 3.63) is 35.9 Å². The Labute approximate surface area is 77.3 Å². The van der Waals surface area contributed by atoms with E-state index in [1.165, 1.54) is 5.56 Å². The summed E-state index contributed by atoms with van der Waals surface area (Å²) >= 11 is 1.60. The molecule has 0 radical (unpaired) electrons. The molecular weight excluding hydrogens is 168 g/mol. The van der Waals surface area contributed by atoms with Crippen LogP contribution in [0.3, 0.4) is 0 Å². The molecule has 2 atom stereocenters. The first kappa shape index (κ1) is 8.14. The lowest BCUT2D eigenvalue weighted by Gasteiger charge is -2.04. The van der Waals surface area contributed by atoms with Gasteiger partial charge in [-0.25, -0.2) is 0 Å². The first-order valence-corrected chi connectivity index (χ1v) is 5.04. The van der Waals surface area contributed by atoms with E-state index in [9.17, 15) is 0 Å². The predicted molar refractivity (Wildman–Crippen MR) is 51.9 cm³/mol. The molecule has 0 unspecified atom stereocenters. The molecule has 1 nitrogen and oxygen atoms in total. The highest BCUT2D eigenvalue weighted by atomic mass is 32.2. The molecule has 1 saturated heterocycles. The highest BCUT2D eigenvalue weighted by Crippen LogP contribution is 2.41. The van der Waals surface area contributed by atoms with Crippen LogP contribution in [0.25, 0.3) is 0 Å². The van der Waals surface area contributed by atoms with Gasteiger partial charge in [0.2, 0.25) is 0 Å². The van der Waals surface area contributed by atoms with Gasteiger partial charge in [0.05, 0.1) is 11.4 Å². The van der Waals surface area contributed by atoms with Crippen LogP contribution >= 0.6 is 12.0 Å². The van der Waals surface area contributed by atoms with Crippen molar-refractivity contribution in [2.75, 3.05) is 0 Å². The monoisotopic (exact) mass is 180 g/mol. The molecule has 0 aliphatic carbocycles. The fraction of sp³-hybridized carbons (Fsp3) is 0.400. The molecule has 0 amide bonds. The maximum absolute atomic E-state index is 5.44. The van der Waals surface area contributed by atoms with Crippen molar-refractivity contribution < 1.29 is 4.18 Å². The van der Waals surface area contributed by atoms with Crippen molar-refractivity contribution in [3.8, 4) is 0 Å². The summed E-state index contributed by atoms with van der Waals surface area (Å²) < 4.78 is 5.44. The van der Waals surface area contributed by atoms with E-state index in [0.29, 0.717) is 11.4 Å². The van der Waals surface area contributed by atoms with E-state index in [1.54, 1.807) is 12.0 Å². The molecule has 1 aliphatic heterocycles. The van der Waals surface area contributed by atoms with Crippen LogP contribution in [0.5, 0.6) is 0 Å². The lowest BCUT2D eigenvalue weighted by atomic mass is 10.1. The van der Waals surface area contributed by atoms with Gasteiger partial charge in [-0.2, -0.15) is 0 Å². The van der Waals surface area contributed by atoms with Crippen molar-refractivity contribution in [2.24, 2.45) is 0 Å². The second kappa shape index (κ2) is 3.50. The summed E-state index contributed by atoms with van der Waals surface area (Å²) in [6, 6.07) is 10.5. The molecule has 1 aromatic rings. The summed E-state index contributed by atoms with van der Waals surface area (Å²) in [5.41, 5.74) is 1.38. The Hall–Kier alpha value is -0.470. The first-order valence-electron chi connectivity index (χ1n) is 4.23. The van der Waals surface area contributed by atoms with E-state index in [4.69, 9.17) is 4.18 Å². The predicted octanol–water partition coefficient (Wildman–Crippen LogP) is 3.18. The SMILES string of the molecule is C[C@@H]1C[C@H](c2ccccc2)SO1. The maximum atomic E-state index is 5.44. The summed E-state index contributed by atoms with van der Waals surface area (Å²) in [5.74, 6) is 0. The van der Waals surface area contributed by atoms with Crippen LogP contribution in [0.2, 0.25) is 0 Å². The molecule has 0 aromatic heterocycles. The van der Waals surface area contributed by atoms with E-state index in [-0.39, 0.29) is 0 Å². The molecule has 0 spiro atoms. The van der Waals surface area contributed by atoms with Crippen molar-refractivity contribution >= 4 is 12.0 Å². The normalized spacial score (nSPS) is 29.1. The van der Waals surface area contributed by atoms with Crippen LogP contribution in [0.4, 0.5) is 0 Å². The zero-order chi connectivity index (χ0) is 8.39. The largest absolute Gasteiger partial charge is 0.312 e. The quantitative estimate of drug-likeness (QED) is 0.614. The third-order valence-corrected chi connectivity index (χ3v) is 3.19. The minimum Gasteiger partial charge on any atom is -0.312 e. The summed E-state index contributed by atoms with van der Waals surface area (Å²) in [4.78, 5) is 0. The van der Waals surface area contributed by atoms with Crippen molar-refractivity contribution in [2.45, 2.75) is 24.7 Å². The van der Waals surface area contributed by atoms with Gasteiger partial charge in [-0.1, -0.05) is 30.3 Å². The third kappa shape index (κ3) is 1.65. The summed E-state index contributed by atoms with van der Waals surface area (Å²) in [6.45, 7) is 2.12. The van der Waals surface area contributed by atoms with Crippen LogP contribution in [0, 0.1) is 0 Å². The molecule has 0 bridgehead atoms. The Morgan fingerprint density at radius 3 is 2.67 bits per heavy atom. The van der Waals surface area contributed by atoms with Crippen LogP contribution < -0.4 is 0 Å². The topological polar surface area (TPSA) is 9.23 Å². The molecule has 1 heterocycles. The highest BCUT2D eigenvalue weighted by molar-refractivity contribution is 7.95. The van der Waals surface area contributed by atoms with E-state index in [2.05, 4.69) is 31.2 Å². The van der Waals surface area contributed by atoms with E-state index >= 15 is 0 Å². The van der Waals surface area contributed by atoms with Crippen LogP contribution in [-0.2, 0) is 4.18 Å². The second-order valence-corrected chi connectivity index (χ2v) is 4.09. The molecule has 12 heavy (non-hydrogen) atoms.